The van der Waals surface area contributed by atoms with Crippen LogP contribution in [0.4, 0.5) is 0 Å². The quantitative estimate of drug-likeness (QED) is 0.797. The lowest BCUT2D eigenvalue weighted by molar-refractivity contribution is 0.104. The molecule has 1 aromatic carbocycles. The summed E-state index contributed by atoms with van der Waals surface area (Å²) in [4.78, 5) is 0. The number of nitrogens with one attached hydrogen (secondary N) is 1. The summed E-state index contributed by atoms with van der Waals surface area (Å²) in [5.41, 5.74) is 1.70. The van der Waals surface area contributed by atoms with Crippen LogP contribution in [0.25, 0.3) is 0 Å². The summed E-state index contributed by atoms with van der Waals surface area (Å²) in [5, 5.41) is 12.3. The average Bonchev–Trinajstić information content (AvgIpc) is 2.96. The van der Waals surface area contributed by atoms with Gasteiger partial charge in [-0.05, 0) is 43.5 Å². The number of nitriles is 1. The summed E-state index contributed by atoms with van der Waals surface area (Å²) in [6.45, 7) is 2.65. The first-order valence-corrected chi connectivity index (χ1v) is 6.73. The van der Waals surface area contributed by atoms with E-state index in [0.29, 0.717) is 17.4 Å². The molecule has 2 rings (SSSR count). The fraction of sp³-hybridized carbons (Fsp3) is 0.533. The number of hydrogen-bond acceptors (Lipinski definition) is 4. The smallest absolute Gasteiger partial charge is 0.136 e. The Labute approximate surface area is 114 Å². The molecule has 4 heteroatoms. The minimum atomic E-state index is 0.433. The molecule has 1 aliphatic heterocycles. The Balaban J connectivity index is 1.77. The zero-order valence-corrected chi connectivity index (χ0v) is 11.3. The standard InChI is InChI=1S/C15H20N2O2/c1-18-15-9-12(4-5-13(15)10-16)11-17-7-6-14-3-2-8-19-14/h4-5,9,14,17H,2-3,6-8,11H2,1H3. The second-order valence-corrected chi connectivity index (χ2v) is 4.75. The lowest BCUT2D eigenvalue weighted by Crippen LogP contribution is -2.19. The maximum Gasteiger partial charge on any atom is 0.136 e. The van der Waals surface area contributed by atoms with Crippen molar-refractivity contribution in [2.24, 2.45) is 0 Å². The molecule has 0 radical (unpaired) electrons. The van der Waals surface area contributed by atoms with Crippen LogP contribution in [0, 0.1) is 11.3 Å². The normalized spacial score (nSPS) is 18.2. The van der Waals surface area contributed by atoms with Gasteiger partial charge >= 0.3 is 0 Å². The molecule has 4 nitrogen and oxygen atoms in total. The molecule has 0 aromatic heterocycles. The van der Waals surface area contributed by atoms with E-state index >= 15 is 0 Å². The van der Waals surface area contributed by atoms with Crippen molar-refractivity contribution < 1.29 is 9.47 Å². The summed E-state index contributed by atoms with van der Waals surface area (Å²) in [7, 11) is 1.59. The summed E-state index contributed by atoms with van der Waals surface area (Å²) in [6, 6.07) is 7.79. The van der Waals surface area contributed by atoms with Gasteiger partial charge in [-0.1, -0.05) is 6.07 Å². The highest BCUT2D eigenvalue weighted by atomic mass is 16.5. The zero-order valence-electron chi connectivity index (χ0n) is 11.3. The zero-order chi connectivity index (χ0) is 13.5. The van der Waals surface area contributed by atoms with E-state index < -0.39 is 0 Å². The highest BCUT2D eigenvalue weighted by molar-refractivity contribution is 5.45. The van der Waals surface area contributed by atoms with Crippen molar-refractivity contribution in [1.82, 2.24) is 5.32 Å². The average molecular weight is 260 g/mol. The number of methoxy groups -OCH3 is 1. The van der Waals surface area contributed by atoms with Crippen LogP contribution in [-0.4, -0.2) is 26.4 Å². The fourth-order valence-corrected chi connectivity index (χ4v) is 2.31. The molecule has 19 heavy (non-hydrogen) atoms. The molecule has 0 bridgehead atoms. The van der Waals surface area contributed by atoms with Gasteiger partial charge in [0, 0.05) is 13.2 Å². The monoisotopic (exact) mass is 260 g/mol. The van der Waals surface area contributed by atoms with Crippen molar-refractivity contribution in [3.8, 4) is 11.8 Å². The Morgan fingerprint density at radius 3 is 3.11 bits per heavy atom. The Bertz CT molecular complexity index is 448. The molecule has 0 spiro atoms. The second kappa shape index (κ2) is 7.13. The lowest BCUT2D eigenvalue weighted by Gasteiger charge is -2.11. The predicted octanol–water partition coefficient (Wildman–Crippen LogP) is 2.23. The molecule has 0 amide bonds. The topological polar surface area (TPSA) is 54.3 Å². The first-order valence-electron chi connectivity index (χ1n) is 6.73. The number of nitrogens with zero attached hydrogens (tertiary/aromatic N) is 1. The first-order chi connectivity index (χ1) is 9.33. The third-order valence-corrected chi connectivity index (χ3v) is 3.38. The van der Waals surface area contributed by atoms with Gasteiger partial charge in [0.2, 0.25) is 0 Å². The van der Waals surface area contributed by atoms with Crippen LogP contribution in [0.15, 0.2) is 18.2 Å². The largest absolute Gasteiger partial charge is 0.495 e. The molecule has 1 saturated heterocycles. The van der Waals surface area contributed by atoms with Crippen molar-refractivity contribution in [3.05, 3.63) is 29.3 Å². The van der Waals surface area contributed by atoms with Gasteiger partial charge in [0.1, 0.15) is 11.8 Å². The van der Waals surface area contributed by atoms with Gasteiger partial charge in [-0.3, -0.25) is 0 Å². The summed E-state index contributed by atoms with van der Waals surface area (Å²) >= 11 is 0. The van der Waals surface area contributed by atoms with Crippen molar-refractivity contribution in [1.29, 1.82) is 5.26 Å². The van der Waals surface area contributed by atoms with Crippen LogP contribution < -0.4 is 10.1 Å². The van der Waals surface area contributed by atoms with E-state index in [9.17, 15) is 0 Å². The number of benzene rings is 1. The SMILES string of the molecule is COc1cc(CNCCC2CCCO2)ccc1C#N. The summed E-state index contributed by atoms with van der Waals surface area (Å²) in [5.74, 6) is 0.640. The van der Waals surface area contributed by atoms with E-state index in [4.69, 9.17) is 14.7 Å². The molecule has 1 N–H and O–H groups in total. The number of rotatable bonds is 6. The van der Waals surface area contributed by atoms with Crippen molar-refractivity contribution in [2.45, 2.75) is 31.9 Å². The fourth-order valence-electron chi connectivity index (χ4n) is 2.31. The summed E-state index contributed by atoms with van der Waals surface area (Å²) < 4.78 is 10.8. The maximum atomic E-state index is 8.92. The van der Waals surface area contributed by atoms with Gasteiger partial charge in [-0.2, -0.15) is 5.26 Å². The van der Waals surface area contributed by atoms with Crippen LogP contribution >= 0.6 is 0 Å². The Morgan fingerprint density at radius 2 is 2.42 bits per heavy atom. The van der Waals surface area contributed by atoms with E-state index in [1.165, 1.54) is 12.8 Å². The highest BCUT2D eigenvalue weighted by Crippen LogP contribution is 2.19. The Hall–Kier alpha value is -1.57. The van der Waals surface area contributed by atoms with Crippen molar-refractivity contribution in [2.75, 3.05) is 20.3 Å². The molecule has 0 saturated carbocycles. The molecule has 1 fully saturated rings. The van der Waals surface area contributed by atoms with Gasteiger partial charge in [-0.15, -0.1) is 0 Å². The molecule has 102 valence electrons. The highest BCUT2D eigenvalue weighted by Gasteiger charge is 2.14. The van der Waals surface area contributed by atoms with Crippen LogP contribution in [0.5, 0.6) is 5.75 Å². The molecule has 1 unspecified atom stereocenters. The first kappa shape index (κ1) is 13.9. The minimum absolute atomic E-state index is 0.433. The third kappa shape index (κ3) is 3.95. The van der Waals surface area contributed by atoms with Crippen LogP contribution in [-0.2, 0) is 11.3 Å². The Kier molecular flexibility index (Phi) is 5.20. The van der Waals surface area contributed by atoms with Crippen LogP contribution in [0.1, 0.15) is 30.4 Å². The third-order valence-electron chi connectivity index (χ3n) is 3.38. The van der Waals surface area contributed by atoms with Crippen molar-refractivity contribution >= 4 is 0 Å². The second-order valence-electron chi connectivity index (χ2n) is 4.75. The molecule has 1 heterocycles. The van der Waals surface area contributed by atoms with E-state index in [0.717, 1.165) is 31.7 Å². The van der Waals surface area contributed by atoms with Crippen LogP contribution in [0.3, 0.4) is 0 Å². The van der Waals surface area contributed by atoms with E-state index in [2.05, 4.69) is 11.4 Å². The molecular weight excluding hydrogens is 240 g/mol. The predicted molar refractivity (Wildman–Crippen MR) is 73.0 cm³/mol. The van der Waals surface area contributed by atoms with Crippen LogP contribution in [0.2, 0.25) is 0 Å². The van der Waals surface area contributed by atoms with Crippen molar-refractivity contribution in [3.63, 3.8) is 0 Å². The van der Waals surface area contributed by atoms with E-state index in [-0.39, 0.29) is 0 Å². The number of ether oxygens (including phenoxy) is 2. The van der Waals surface area contributed by atoms with Gasteiger partial charge in [0.15, 0.2) is 0 Å². The van der Waals surface area contributed by atoms with Gasteiger partial charge in [0.05, 0.1) is 18.8 Å². The molecule has 1 aliphatic rings. The van der Waals surface area contributed by atoms with E-state index in [1.807, 2.05) is 12.1 Å². The maximum absolute atomic E-state index is 8.92. The summed E-state index contributed by atoms with van der Waals surface area (Å²) in [6.07, 6.45) is 3.88. The molecule has 0 aliphatic carbocycles. The van der Waals surface area contributed by atoms with Gasteiger partial charge < -0.3 is 14.8 Å². The molecular formula is C15H20N2O2. The van der Waals surface area contributed by atoms with Gasteiger partial charge in [0.25, 0.3) is 0 Å². The Morgan fingerprint density at radius 1 is 1.53 bits per heavy atom. The van der Waals surface area contributed by atoms with Gasteiger partial charge in [-0.25, -0.2) is 0 Å². The molecule has 1 atom stereocenters. The molecule has 1 aromatic rings. The van der Waals surface area contributed by atoms with E-state index in [1.54, 1.807) is 13.2 Å². The minimum Gasteiger partial charge on any atom is -0.495 e. The number of hydrogen-bond donors (Lipinski definition) is 1. The lowest BCUT2D eigenvalue weighted by atomic mass is 10.1.